The lowest BCUT2D eigenvalue weighted by molar-refractivity contribution is 0.110. The lowest BCUT2D eigenvalue weighted by Gasteiger charge is -2.45. The molecule has 20 heavy (non-hydrogen) atoms. The summed E-state index contributed by atoms with van der Waals surface area (Å²) >= 11 is 0. The third kappa shape index (κ3) is 3.27. The Balaban J connectivity index is 2.30. The molecule has 0 N–H and O–H groups in total. The van der Waals surface area contributed by atoms with Gasteiger partial charge in [0.25, 0.3) is 0 Å². The molecule has 0 aliphatic heterocycles. The Labute approximate surface area is 126 Å². The van der Waals surface area contributed by atoms with Crippen molar-refractivity contribution in [2.75, 3.05) is 0 Å². The molecule has 2 aliphatic carbocycles. The minimum Gasteiger partial charge on any atom is -0.0853 e. The molecule has 0 saturated heterocycles. The third-order valence-corrected chi connectivity index (χ3v) is 6.18. The normalized spacial score (nSPS) is 41.4. The van der Waals surface area contributed by atoms with Gasteiger partial charge in [0.05, 0.1) is 0 Å². The molecular weight excluding hydrogens is 240 g/mol. The first-order valence-electron chi connectivity index (χ1n) is 8.43. The van der Waals surface area contributed by atoms with Crippen LogP contribution in [0.3, 0.4) is 0 Å². The molecule has 0 heterocycles. The zero-order chi connectivity index (χ0) is 14.8. The van der Waals surface area contributed by atoms with Crippen molar-refractivity contribution in [3.05, 3.63) is 34.9 Å². The number of allylic oxidation sites excluding steroid dienone is 6. The van der Waals surface area contributed by atoms with E-state index in [0.717, 1.165) is 11.8 Å². The Morgan fingerprint density at radius 1 is 1.00 bits per heavy atom. The van der Waals surface area contributed by atoms with Gasteiger partial charge in [0.15, 0.2) is 0 Å². The van der Waals surface area contributed by atoms with Crippen molar-refractivity contribution in [1.29, 1.82) is 0 Å². The topological polar surface area (TPSA) is 0 Å². The van der Waals surface area contributed by atoms with Gasteiger partial charge in [-0.05, 0) is 69.6 Å². The number of hydrogen-bond acceptors (Lipinski definition) is 0. The second-order valence-corrected chi connectivity index (χ2v) is 7.49. The van der Waals surface area contributed by atoms with Crippen molar-refractivity contribution in [2.45, 2.75) is 73.1 Å². The van der Waals surface area contributed by atoms with Crippen LogP contribution in [-0.4, -0.2) is 0 Å². The predicted octanol–water partition coefficient (Wildman–Crippen LogP) is 6.45. The Hall–Kier alpha value is -0.780. The maximum atomic E-state index is 2.54. The van der Waals surface area contributed by atoms with Crippen LogP contribution in [0.1, 0.15) is 73.1 Å². The Morgan fingerprint density at radius 2 is 1.70 bits per heavy atom. The lowest BCUT2D eigenvalue weighted by atomic mass is 9.59. The van der Waals surface area contributed by atoms with Crippen LogP contribution in [0.25, 0.3) is 0 Å². The fourth-order valence-electron chi connectivity index (χ4n) is 3.86. The first-order chi connectivity index (χ1) is 9.43. The molecule has 0 spiro atoms. The first kappa shape index (κ1) is 15.6. The average molecular weight is 272 g/mol. The Kier molecular flexibility index (Phi) is 4.94. The molecule has 0 aromatic carbocycles. The summed E-state index contributed by atoms with van der Waals surface area (Å²) in [7, 11) is 0. The van der Waals surface area contributed by atoms with E-state index in [0.29, 0.717) is 5.41 Å². The smallest absolute Gasteiger partial charge is 0.0133 e. The fourth-order valence-corrected chi connectivity index (χ4v) is 3.86. The molecule has 0 aromatic heterocycles. The van der Waals surface area contributed by atoms with Gasteiger partial charge in [-0.15, -0.1) is 0 Å². The van der Waals surface area contributed by atoms with Crippen molar-refractivity contribution < 1.29 is 0 Å². The highest BCUT2D eigenvalue weighted by atomic mass is 14.4. The van der Waals surface area contributed by atoms with Crippen LogP contribution in [0.15, 0.2) is 34.9 Å². The zero-order valence-electron chi connectivity index (χ0n) is 14.1. The molecule has 0 amide bonds. The van der Waals surface area contributed by atoms with E-state index < -0.39 is 0 Å². The van der Waals surface area contributed by atoms with Crippen molar-refractivity contribution in [3.8, 4) is 0 Å². The van der Waals surface area contributed by atoms with E-state index in [4.69, 9.17) is 0 Å². The summed E-state index contributed by atoms with van der Waals surface area (Å²) in [5.74, 6) is 1.53. The van der Waals surface area contributed by atoms with E-state index in [-0.39, 0.29) is 0 Å². The first-order valence-corrected chi connectivity index (χ1v) is 8.43. The standard InChI is InChI=1S/C20H32/c1-15-7-6-8-16(2)13-14-20(5)17(3)10-12-19(11-9-15)18(20)4/h8-9,12,17-18H,6-7,10-11,13-14H2,1-5H3/b15-9+,16-8+. The molecule has 0 fully saturated rings. The molecule has 0 aromatic rings. The summed E-state index contributed by atoms with van der Waals surface area (Å²) in [5, 5.41) is 0. The molecule has 3 atom stereocenters. The Bertz CT molecular complexity index is 435. The van der Waals surface area contributed by atoms with Crippen LogP contribution in [0.4, 0.5) is 0 Å². The van der Waals surface area contributed by atoms with E-state index in [1.807, 2.05) is 0 Å². The van der Waals surface area contributed by atoms with Crippen LogP contribution in [-0.2, 0) is 0 Å². The summed E-state index contributed by atoms with van der Waals surface area (Å²) in [5.41, 5.74) is 5.31. The molecule has 0 heteroatoms. The molecule has 0 saturated carbocycles. The third-order valence-electron chi connectivity index (χ3n) is 6.18. The van der Waals surface area contributed by atoms with Gasteiger partial charge in [0, 0.05) is 0 Å². The van der Waals surface area contributed by atoms with Crippen LogP contribution in [0.5, 0.6) is 0 Å². The van der Waals surface area contributed by atoms with Gasteiger partial charge in [0.1, 0.15) is 0 Å². The van der Waals surface area contributed by atoms with Gasteiger partial charge in [-0.1, -0.05) is 55.7 Å². The molecule has 2 aliphatic rings. The number of fused-ring (bicyclic) bond motifs is 2. The van der Waals surface area contributed by atoms with Gasteiger partial charge in [-0.25, -0.2) is 0 Å². The van der Waals surface area contributed by atoms with Gasteiger partial charge in [-0.2, -0.15) is 0 Å². The van der Waals surface area contributed by atoms with Crippen LogP contribution < -0.4 is 0 Å². The second kappa shape index (κ2) is 6.33. The van der Waals surface area contributed by atoms with Crippen molar-refractivity contribution in [2.24, 2.45) is 17.3 Å². The highest BCUT2D eigenvalue weighted by Crippen LogP contribution is 2.49. The summed E-state index contributed by atoms with van der Waals surface area (Å²) in [6, 6.07) is 0. The maximum Gasteiger partial charge on any atom is -0.0133 e. The monoisotopic (exact) mass is 272 g/mol. The summed E-state index contributed by atoms with van der Waals surface area (Å²) < 4.78 is 0. The summed E-state index contributed by atoms with van der Waals surface area (Å²) in [4.78, 5) is 0. The molecule has 0 nitrogen and oxygen atoms in total. The quantitative estimate of drug-likeness (QED) is 0.444. The van der Waals surface area contributed by atoms with E-state index >= 15 is 0 Å². The lowest BCUT2D eigenvalue weighted by Crippen LogP contribution is -2.36. The van der Waals surface area contributed by atoms with Crippen LogP contribution >= 0.6 is 0 Å². The maximum absolute atomic E-state index is 2.54. The molecule has 2 bridgehead atoms. The van der Waals surface area contributed by atoms with Crippen molar-refractivity contribution >= 4 is 0 Å². The summed E-state index contributed by atoms with van der Waals surface area (Å²) in [6.45, 7) is 12.1. The van der Waals surface area contributed by atoms with Crippen molar-refractivity contribution in [3.63, 3.8) is 0 Å². The van der Waals surface area contributed by atoms with Crippen LogP contribution in [0, 0.1) is 17.3 Å². The molecule has 3 unspecified atom stereocenters. The Morgan fingerprint density at radius 3 is 2.45 bits per heavy atom. The van der Waals surface area contributed by atoms with Gasteiger partial charge >= 0.3 is 0 Å². The average Bonchev–Trinajstić information content (AvgIpc) is 2.41. The zero-order valence-corrected chi connectivity index (χ0v) is 14.1. The minimum atomic E-state index is 0.472. The van der Waals surface area contributed by atoms with Gasteiger partial charge in [0.2, 0.25) is 0 Å². The predicted molar refractivity (Wildman–Crippen MR) is 89.7 cm³/mol. The van der Waals surface area contributed by atoms with E-state index in [1.54, 1.807) is 16.7 Å². The molecular formula is C20H32. The highest BCUT2D eigenvalue weighted by molar-refractivity contribution is 5.21. The van der Waals surface area contributed by atoms with E-state index in [1.165, 1.54) is 38.5 Å². The second-order valence-electron chi connectivity index (χ2n) is 7.49. The number of hydrogen-bond donors (Lipinski definition) is 0. The van der Waals surface area contributed by atoms with Crippen molar-refractivity contribution in [1.82, 2.24) is 0 Å². The van der Waals surface area contributed by atoms with E-state index in [2.05, 4.69) is 52.8 Å². The fraction of sp³-hybridized carbons (Fsp3) is 0.700. The highest BCUT2D eigenvalue weighted by Gasteiger charge is 2.39. The minimum absolute atomic E-state index is 0.472. The largest absolute Gasteiger partial charge is 0.0853 e. The van der Waals surface area contributed by atoms with Crippen LogP contribution in [0.2, 0.25) is 0 Å². The summed E-state index contributed by atoms with van der Waals surface area (Å²) in [6.07, 6.45) is 15.0. The van der Waals surface area contributed by atoms with E-state index in [9.17, 15) is 0 Å². The SMILES string of the molecule is C/C1=C\CC2=CCC(C)C(C)(CC/C(C)=C/CC1)C2C. The molecule has 0 radical (unpaired) electrons. The number of rotatable bonds is 0. The van der Waals surface area contributed by atoms with Gasteiger partial charge < -0.3 is 0 Å². The molecule has 2 rings (SSSR count). The van der Waals surface area contributed by atoms with Gasteiger partial charge in [-0.3, -0.25) is 0 Å². The molecule has 112 valence electrons.